The fourth-order valence-electron chi connectivity index (χ4n) is 6.42. The van der Waals surface area contributed by atoms with Gasteiger partial charge in [-0.3, -0.25) is 4.79 Å². The van der Waals surface area contributed by atoms with Crippen LogP contribution in [-0.4, -0.2) is 34.4 Å². The lowest BCUT2D eigenvalue weighted by atomic mass is 9.54. The summed E-state index contributed by atoms with van der Waals surface area (Å²) in [5.74, 6) is -0.00847. The van der Waals surface area contributed by atoms with E-state index in [0.717, 1.165) is 29.6 Å². The number of benzene rings is 1. The lowest BCUT2D eigenvalue weighted by molar-refractivity contribution is -0.141. The number of aliphatic hydroxyl groups excluding tert-OH is 2. The van der Waals surface area contributed by atoms with Crippen LogP contribution < -0.4 is 5.32 Å². The van der Waals surface area contributed by atoms with Crippen molar-refractivity contribution in [2.45, 2.75) is 65.2 Å². The normalized spacial score (nSPS) is 41.8. The molecule has 4 rings (SSSR count). The topological polar surface area (TPSA) is 69.6 Å². The first-order valence-corrected chi connectivity index (χ1v) is 12.0. The number of carbonyl (C=O) groups excluding carboxylic acids is 1. The Kier molecular flexibility index (Phi) is 6.46. The molecule has 172 valence electrons. The van der Waals surface area contributed by atoms with Crippen molar-refractivity contribution in [3.05, 3.63) is 71.3 Å². The van der Waals surface area contributed by atoms with Crippen molar-refractivity contribution in [2.75, 3.05) is 0 Å². The van der Waals surface area contributed by atoms with Gasteiger partial charge in [0, 0.05) is 17.9 Å². The number of rotatable bonds is 2. The largest absolute Gasteiger partial charge is 0.388 e. The maximum absolute atomic E-state index is 13.8. The van der Waals surface area contributed by atoms with Crippen molar-refractivity contribution >= 4 is 5.91 Å². The molecule has 0 aromatic heterocycles. The molecule has 1 aliphatic heterocycles. The van der Waals surface area contributed by atoms with Crippen LogP contribution in [0.15, 0.2) is 65.8 Å². The second kappa shape index (κ2) is 8.99. The molecule has 2 aliphatic carbocycles. The number of allylic oxidation sites excluding steroid dienone is 2. The molecular formula is C28H37NO3. The maximum Gasteiger partial charge on any atom is 0.230 e. The summed E-state index contributed by atoms with van der Waals surface area (Å²) in [4.78, 5) is 13.8. The minimum absolute atomic E-state index is 0.132. The van der Waals surface area contributed by atoms with E-state index in [1.54, 1.807) is 0 Å². The highest BCUT2D eigenvalue weighted by Crippen LogP contribution is 2.56. The van der Waals surface area contributed by atoms with E-state index in [4.69, 9.17) is 0 Å². The molecule has 8 atom stereocenters. The summed E-state index contributed by atoms with van der Waals surface area (Å²) in [6, 6.07) is 10.0. The first-order valence-electron chi connectivity index (χ1n) is 12.0. The first kappa shape index (κ1) is 23.0. The molecule has 0 unspecified atom stereocenters. The Hall–Kier alpha value is -2.17. The van der Waals surface area contributed by atoms with Gasteiger partial charge in [0.1, 0.15) is 0 Å². The highest BCUT2D eigenvalue weighted by Gasteiger charge is 2.65. The first-order chi connectivity index (χ1) is 15.3. The van der Waals surface area contributed by atoms with Gasteiger partial charge in [-0.25, -0.2) is 0 Å². The molecule has 0 radical (unpaired) electrons. The number of hydrogen-bond acceptors (Lipinski definition) is 3. The van der Waals surface area contributed by atoms with Crippen molar-refractivity contribution in [1.29, 1.82) is 0 Å². The Labute approximate surface area is 192 Å². The van der Waals surface area contributed by atoms with E-state index < -0.39 is 23.5 Å². The van der Waals surface area contributed by atoms with Gasteiger partial charge < -0.3 is 15.5 Å². The third kappa shape index (κ3) is 3.78. The molecular weight excluding hydrogens is 398 g/mol. The molecule has 1 fully saturated rings. The minimum Gasteiger partial charge on any atom is -0.388 e. The van der Waals surface area contributed by atoms with Gasteiger partial charge in [-0.2, -0.15) is 0 Å². The average molecular weight is 436 g/mol. The van der Waals surface area contributed by atoms with Crippen LogP contribution >= 0.6 is 0 Å². The third-order valence-electron chi connectivity index (χ3n) is 8.12. The summed E-state index contributed by atoms with van der Waals surface area (Å²) in [6.07, 6.45) is 8.86. The number of amides is 1. The predicted molar refractivity (Wildman–Crippen MR) is 128 cm³/mol. The van der Waals surface area contributed by atoms with Crippen LogP contribution in [0, 0.1) is 29.1 Å². The Morgan fingerprint density at radius 2 is 1.75 bits per heavy atom. The smallest absolute Gasteiger partial charge is 0.230 e. The van der Waals surface area contributed by atoms with Crippen LogP contribution in [0.25, 0.3) is 0 Å². The summed E-state index contributed by atoms with van der Waals surface area (Å²) in [5, 5.41) is 26.2. The molecule has 3 N–H and O–H groups in total. The van der Waals surface area contributed by atoms with Gasteiger partial charge in [-0.05, 0) is 56.1 Å². The van der Waals surface area contributed by atoms with Gasteiger partial charge in [0.15, 0.2) is 0 Å². The van der Waals surface area contributed by atoms with Gasteiger partial charge in [0.05, 0.1) is 17.6 Å². The fourth-order valence-corrected chi connectivity index (χ4v) is 6.42. The summed E-state index contributed by atoms with van der Waals surface area (Å²) in [6.45, 7) is 8.38. The second-order valence-corrected chi connectivity index (χ2v) is 10.3. The van der Waals surface area contributed by atoms with Gasteiger partial charge >= 0.3 is 0 Å². The quantitative estimate of drug-likeness (QED) is 0.610. The molecule has 0 bridgehead atoms. The Morgan fingerprint density at radius 1 is 1.03 bits per heavy atom. The zero-order chi connectivity index (χ0) is 23.0. The maximum atomic E-state index is 13.8. The SMILES string of the molecule is CC1=C(C)[C@H]2[C@H](Cc3ccccc3)NC(=O)[C@]23[C@H](O)/C=C/[C@@H](C)C[C@@H](C)C/C=C/[C@H]3[C@@H]1O. The van der Waals surface area contributed by atoms with E-state index in [1.807, 2.05) is 44.2 Å². The number of nitrogens with one attached hydrogen (secondary N) is 1. The van der Waals surface area contributed by atoms with E-state index in [0.29, 0.717) is 18.3 Å². The van der Waals surface area contributed by atoms with Crippen molar-refractivity contribution in [3.63, 3.8) is 0 Å². The Balaban J connectivity index is 1.86. The summed E-state index contributed by atoms with van der Waals surface area (Å²) >= 11 is 0. The second-order valence-electron chi connectivity index (χ2n) is 10.3. The van der Waals surface area contributed by atoms with E-state index >= 15 is 0 Å². The molecule has 4 heteroatoms. The van der Waals surface area contributed by atoms with Crippen LogP contribution in [0.1, 0.15) is 46.1 Å². The predicted octanol–water partition coefficient (Wildman–Crippen LogP) is 4.20. The molecule has 1 spiro atoms. The molecule has 0 saturated carbocycles. The molecule has 1 aromatic carbocycles. The van der Waals surface area contributed by atoms with Gasteiger partial charge in [-0.15, -0.1) is 0 Å². The molecule has 32 heavy (non-hydrogen) atoms. The van der Waals surface area contributed by atoms with Crippen LogP contribution in [0.5, 0.6) is 0 Å². The van der Waals surface area contributed by atoms with E-state index in [9.17, 15) is 15.0 Å². The molecule has 3 aliphatic rings. The summed E-state index contributed by atoms with van der Waals surface area (Å²) < 4.78 is 0. The van der Waals surface area contributed by atoms with Gasteiger partial charge in [0.2, 0.25) is 5.91 Å². The lowest BCUT2D eigenvalue weighted by Gasteiger charge is -2.48. The highest BCUT2D eigenvalue weighted by atomic mass is 16.3. The summed E-state index contributed by atoms with van der Waals surface area (Å²) in [7, 11) is 0. The standard InChI is InChI=1S/C28H37NO3/c1-17-9-8-12-22-26(31)20(4)19(3)25-23(16-21-10-6-5-7-11-21)29-27(32)28(22,25)24(30)14-13-18(2)15-17/h5-8,10-14,17-18,22-26,30-31H,9,15-16H2,1-4H3,(H,29,32)/b12-8+,14-13+/t17-,18+,22-,23-,24+,25-,26+,28+/m0/s1. The highest BCUT2D eigenvalue weighted by molar-refractivity contribution is 5.89. The van der Waals surface area contributed by atoms with E-state index in [1.165, 1.54) is 0 Å². The molecule has 1 amide bonds. The molecule has 1 heterocycles. The van der Waals surface area contributed by atoms with Crippen molar-refractivity contribution < 1.29 is 15.0 Å². The van der Waals surface area contributed by atoms with Crippen LogP contribution in [0.2, 0.25) is 0 Å². The zero-order valence-electron chi connectivity index (χ0n) is 19.7. The third-order valence-corrected chi connectivity index (χ3v) is 8.12. The van der Waals surface area contributed by atoms with E-state index in [-0.39, 0.29) is 17.9 Å². The monoisotopic (exact) mass is 435 g/mol. The van der Waals surface area contributed by atoms with Gasteiger partial charge in [-0.1, -0.05) is 74.1 Å². The number of aliphatic hydroxyl groups is 2. The van der Waals surface area contributed by atoms with Crippen molar-refractivity contribution in [3.8, 4) is 0 Å². The number of carbonyl (C=O) groups is 1. The fraction of sp³-hybridized carbons (Fsp3) is 0.536. The molecule has 1 saturated heterocycles. The van der Waals surface area contributed by atoms with E-state index in [2.05, 4.69) is 43.4 Å². The average Bonchev–Trinajstić information content (AvgIpc) is 3.04. The lowest BCUT2D eigenvalue weighted by Crippen LogP contribution is -2.57. The molecule has 1 aromatic rings. The summed E-state index contributed by atoms with van der Waals surface area (Å²) in [5.41, 5.74) is 1.97. The van der Waals surface area contributed by atoms with Crippen LogP contribution in [0.3, 0.4) is 0 Å². The zero-order valence-corrected chi connectivity index (χ0v) is 19.7. The molecule has 4 nitrogen and oxygen atoms in total. The van der Waals surface area contributed by atoms with Crippen molar-refractivity contribution in [2.24, 2.45) is 29.1 Å². The van der Waals surface area contributed by atoms with Gasteiger partial charge in [0.25, 0.3) is 0 Å². The van der Waals surface area contributed by atoms with Crippen LogP contribution in [-0.2, 0) is 11.2 Å². The minimum atomic E-state index is -1.12. The van der Waals surface area contributed by atoms with Crippen molar-refractivity contribution in [1.82, 2.24) is 5.32 Å². The van der Waals surface area contributed by atoms with Crippen LogP contribution in [0.4, 0.5) is 0 Å². The Bertz CT molecular complexity index is 933. The number of hydrogen-bond donors (Lipinski definition) is 3. The Morgan fingerprint density at radius 3 is 2.47 bits per heavy atom.